The van der Waals surface area contributed by atoms with Gasteiger partial charge in [-0.15, -0.1) is 0 Å². The molecule has 0 aliphatic carbocycles. The summed E-state index contributed by atoms with van der Waals surface area (Å²) in [4.78, 5) is 4.08. The zero-order valence-electron chi connectivity index (χ0n) is 11.2. The molecule has 0 amide bonds. The van der Waals surface area contributed by atoms with Gasteiger partial charge in [-0.25, -0.2) is 4.99 Å². The van der Waals surface area contributed by atoms with E-state index in [1.54, 1.807) is 24.3 Å². The lowest BCUT2D eigenvalue weighted by Gasteiger charge is -2.20. The van der Waals surface area contributed by atoms with Crippen LogP contribution in [0.5, 0.6) is 0 Å². The molecule has 3 nitrogen and oxygen atoms in total. The first kappa shape index (κ1) is 15.9. The fraction of sp³-hybridized carbons (Fsp3) is 0.500. The molecule has 2 atom stereocenters. The van der Waals surface area contributed by atoms with Crippen LogP contribution in [0, 0.1) is 0 Å². The van der Waals surface area contributed by atoms with Crippen LogP contribution in [0.1, 0.15) is 30.7 Å². The van der Waals surface area contributed by atoms with Crippen LogP contribution in [0.2, 0.25) is 5.02 Å². The maximum absolute atomic E-state index is 12.5. The first-order chi connectivity index (χ1) is 9.83. The standard InChI is InChI=1S/C14H16ClF3N2O/c15-11-3-1-2-9(6-11)10(4-5-14(16,17)18)7-12-8-21-13(19)20-12/h1-3,6,10,12H,4-5,7-8H2,(H2,19,20). The number of benzene rings is 1. The van der Waals surface area contributed by atoms with Crippen LogP contribution in [-0.2, 0) is 4.74 Å². The predicted molar refractivity (Wildman–Crippen MR) is 75.5 cm³/mol. The van der Waals surface area contributed by atoms with E-state index in [-0.39, 0.29) is 24.4 Å². The molecule has 0 radical (unpaired) electrons. The lowest BCUT2D eigenvalue weighted by atomic mass is 9.88. The van der Waals surface area contributed by atoms with Crippen LogP contribution in [0.3, 0.4) is 0 Å². The maximum atomic E-state index is 12.5. The highest BCUT2D eigenvalue weighted by Gasteiger charge is 2.30. The van der Waals surface area contributed by atoms with Crippen molar-refractivity contribution in [1.82, 2.24) is 0 Å². The van der Waals surface area contributed by atoms with Gasteiger partial charge in [0.15, 0.2) is 0 Å². The van der Waals surface area contributed by atoms with Crippen molar-refractivity contribution in [3.05, 3.63) is 34.9 Å². The van der Waals surface area contributed by atoms with Crippen LogP contribution in [0.25, 0.3) is 0 Å². The summed E-state index contributed by atoms with van der Waals surface area (Å²) in [5.41, 5.74) is 6.22. The van der Waals surface area contributed by atoms with Gasteiger partial charge < -0.3 is 10.5 Å². The summed E-state index contributed by atoms with van der Waals surface area (Å²) >= 11 is 5.92. The van der Waals surface area contributed by atoms with E-state index in [0.717, 1.165) is 5.56 Å². The molecule has 116 valence electrons. The molecule has 0 aromatic heterocycles. The average Bonchev–Trinajstić information content (AvgIpc) is 2.79. The zero-order chi connectivity index (χ0) is 15.5. The number of rotatable bonds is 5. The SMILES string of the molecule is NC1=NC(CC(CCC(F)(F)F)c2cccc(Cl)c2)CO1. The van der Waals surface area contributed by atoms with Crippen LogP contribution >= 0.6 is 11.6 Å². The molecule has 1 aromatic carbocycles. The minimum absolute atomic E-state index is 0.00420. The molecule has 2 rings (SSSR count). The van der Waals surface area contributed by atoms with Crippen molar-refractivity contribution in [3.8, 4) is 0 Å². The van der Waals surface area contributed by atoms with Crippen LogP contribution in [-0.4, -0.2) is 24.8 Å². The number of nitrogens with zero attached hydrogens (tertiary/aromatic N) is 1. The van der Waals surface area contributed by atoms with E-state index in [4.69, 9.17) is 22.1 Å². The Bertz CT molecular complexity index is 519. The summed E-state index contributed by atoms with van der Waals surface area (Å²) in [6.45, 7) is 0.314. The Balaban J connectivity index is 2.10. The number of ether oxygens (including phenoxy) is 1. The summed E-state index contributed by atoms with van der Waals surface area (Å²) in [6.07, 6.45) is -4.56. The van der Waals surface area contributed by atoms with Gasteiger partial charge in [0.1, 0.15) is 6.61 Å². The van der Waals surface area contributed by atoms with E-state index in [1.807, 2.05) is 0 Å². The largest absolute Gasteiger partial charge is 0.463 e. The molecule has 1 aliphatic rings. The Labute approximate surface area is 125 Å². The molecule has 1 aromatic rings. The van der Waals surface area contributed by atoms with Gasteiger partial charge in [0, 0.05) is 11.4 Å². The Morgan fingerprint density at radius 3 is 2.76 bits per heavy atom. The van der Waals surface area contributed by atoms with Crippen molar-refractivity contribution in [2.75, 3.05) is 6.61 Å². The van der Waals surface area contributed by atoms with E-state index in [9.17, 15) is 13.2 Å². The van der Waals surface area contributed by atoms with Crippen LogP contribution in [0.4, 0.5) is 13.2 Å². The summed E-state index contributed by atoms with van der Waals surface area (Å²) in [6, 6.07) is 6.81. The second kappa shape index (κ2) is 6.56. The Hall–Kier alpha value is -1.43. The number of hydrogen-bond donors (Lipinski definition) is 1. The summed E-state index contributed by atoms with van der Waals surface area (Å²) in [7, 11) is 0. The highest BCUT2D eigenvalue weighted by atomic mass is 35.5. The van der Waals surface area contributed by atoms with Gasteiger partial charge in [-0.2, -0.15) is 13.2 Å². The molecule has 0 saturated heterocycles. The van der Waals surface area contributed by atoms with Crippen LogP contribution < -0.4 is 5.73 Å². The first-order valence-corrected chi connectivity index (χ1v) is 6.99. The van der Waals surface area contributed by atoms with Crippen molar-refractivity contribution in [2.24, 2.45) is 10.7 Å². The van der Waals surface area contributed by atoms with Gasteiger partial charge in [0.2, 0.25) is 0 Å². The van der Waals surface area contributed by atoms with Crippen LogP contribution in [0.15, 0.2) is 29.3 Å². The fourth-order valence-corrected chi connectivity index (χ4v) is 2.60. The molecular formula is C14H16ClF3N2O. The predicted octanol–water partition coefficient (Wildman–Crippen LogP) is 3.87. The monoisotopic (exact) mass is 320 g/mol. The third-order valence-electron chi connectivity index (χ3n) is 3.39. The van der Waals surface area contributed by atoms with Gasteiger partial charge in [-0.3, -0.25) is 0 Å². The number of nitrogens with two attached hydrogens (primary N) is 1. The number of aliphatic imine (C=N–C) groups is 1. The van der Waals surface area contributed by atoms with Gasteiger partial charge in [0.25, 0.3) is 6.02 Å². The average molecular weight is 321 g/mol. The lowest BCUT2D eigenvalue weighted by Crippen LogP contribution is -2.16. The molecule has 0 bridgehead atoms. The van der Waals surface area contributed by atoms with E-state index < -0.39 is 12.6 Å². The number of alkyl halides is 3. The molecule has 1 heterocycles. The summed E-state index contributed by atoms with van der Waals surface area (Å²) < 4.78 is 42.5. The van der Waals surface area contributed by atoms with E-state index >= 15 is 0 Å². The molecule has 2 unspecified atom stereocenters. The number of hydrogen-bond acceptors (Lipinski definition) is 3. The Morgan fingerprint density at radius 2 is 2.19 bits per heavy atom. The smallest absolute Gasteiger partial charge is 0.389 e. The maximum Gasteiger partial charge on any atom is 0.389 e. The minimum Gasteiger partial charge on any atom is -0.463 e. The first-order valence-electron chi connectivity index (χ1n) is 6.62. The molecule has 0 spiro atoms. The minimum atomic E-state index is -4.18. The van der Waals surface area contributed by atoms with Crippen molar-refractivity contribution < 1.29 is 17.9 Å². The molecule has 0 fully saturated rings. The molecule has 2 N–H and O–H groups in total. The zero-order valence-corrected chi connectivity index (χ0v) is 12.0. The number of halogens is 4. The molecule has 7 heteroatoms. The molecule has 1 aliphatic heterocycles. The van der Waals surface area contributed by atoms with E-state index in [1.165, 1.54) is 0 Å². The summed E-state index contributed by atoms with van der Waals surface area (Å²) in [5, 5.41) is 0.509. The van der Waals surface area contributed by atoms with Gasteiger partial charge in [-0.05, 0) is 36.5 Å². The van der Waals surface area contributed by atoms with Gasteiger partial charge >= 0.3 is 6.18 Å². The molecular weight excluding hydrogens is 305 g/mol. The lowest BCUT2D eigenvalue weighted by molar-refractivity contribution is -0.136. The quantitative estimate of drug-likeness (QED) is 0.895. The summed E-state index contributed by atoms with van der Waals surface area (Å²) in [5.74, 6) is -0.284. The van der Waals surface area contributed by atoms with E-state index in [0.29, 0.717) is 18.1 Å². The second-order valence-corrected chi connectivity index (χ2v) is 5.51. The van der Waals surface area contributed by atoms with Crippen molar-refractivity contribution in [3.63, 3.8) is 0 Å². The third kappa shape index (κ3) is 5.12. The highest BCUT2D eigenvalue weighted by molar-refractivity contribution is 6.30. The normalized spacial score (nSPS) is 20.0. The third-order valence-corrected chi connectivity index (χ3v) is 3.62. The second-order valence-electron chi connectivity index (χ2n) is 5.07. The highest BCUT2D eigenvalue weighted by Crippen LogP contribution is 2.34. The molecule has 21 heavy (non-hydrogen) atoms. The molecule has 0 saturated carbocycles. The van der Waals surface area contributed by atoms with Crippen molar-refractivity contribution in [2.45, 2.75) is 37.4 Å². The van der Waals surface area contributed by atoms with Crippen molar-refractivity contribution in [1.29, 1.82) is 0 Å². The van der Waals surface area contributed by atoms with Gasteiger partial charge in [-0.1, -0.05) is 23.7 Å². The van der Waals surface area contributed by atoms with Crippen molar-refractivity contribution >= 4 is 17.6 Å². The number of amidine groups is 1. The topological polar surface area (TPSA) is 47.6 Å². The van der Waals surface area contributed by atoms with Gasteiger partial charge in [0.05, 0.1) is 6.04 Å². The Morgan fingerprint density at radius 1 is 1.43 bits per heavy atom. The fourth-order valence-electron chi connectivity index (χ4n) is 2.40. The van der Waals surface area contributed by atoms with E-state index in [2.05, 4.69) is 4.99 Å². The Kier molecular flexibility index (Phi) is 4.98.